The van der Waals surface area contributed by atoms with Crippen molar-refractivity contribution in [1.29, 1.82) is 0 Å². The van der Waals surface area contributed by atoms with Crippen LogP contribution in [0.15, 0.2) is 41.6 Å². The van der Waals surface area contributed by atoms with Crippen LogP contribution in [0.25, 0.3) is 11.4 Å². The summed E-state index contributed by atoms with van der Waals surface area (Å²) in [5.41, 5.74) is 1.18. The van der Waals surface area contributed by atoms with Gasteiger partial charge in [0.05, 0.1) is 25.3 Å². The van der Waals surface area contributed by atoms with Gasteiger partial charge in [-0.25, -0.2) is 4.98 Å². The molecule has 0 amide bonds. The first-order chi connectivity index (χ1) is 11.4. The molecule has 1 aromatic carbocycles. The van der Waals surface area contributed by atoms with Crippen LogP contribution in [0, 0.1) is 0 Å². The summed E-state index contributed by atoms with van der Waals surface area (Å²) in [6, 6.07) is 9.53. The second kappa shape index (κ2) is 6.67. The van der Waals surface area contributed by atoms with Crippen molar-refractivity contribution in [1.82, 2.24) is 14.5 Å². The number of aromatic nitrogens is 2. The first-order valence-electron chi connectivity index (χ1n) is 8.36. The van der Waals surface area contributed by atoms with E-state index < -0.39 is 0 Å². The van der Waals surface area contributed by atoms with E-state index in [-0.39, 0.29) is 0 Å². The fraction of sp³-hybridized carbons (Fsp3) is 0.500. The molecule has 5 heteroatoms. The summed E-state index contributed by atoms with van der Waals surface area (Å²) in [7, 11) is 0. The van der Waals surface area contributed by atoms with E-state index >= 15 is 0 Å². The van der Waals surface area contributed by atoms with E-state index in [1.54, 1.807) is 11.8 Å². The van der Waals surface area contributed by atoms with Crippen LogP contribution in [0.5, 0.6) is 0 Å². The summed E-state index contributed by atoms with van der Waals surface area (Å²) in [5, 5.41) is 0. The molecule has 4 rings (SSSR count). The number of benzene rings is 1. The number of hydrogen-bond acceptors (Lipinski definition) is 4. The Hall–Kier alpha value is -1.30. The third-order valence-electron chi connectivity index (χ3n) is 5.01. The molecule has 1 aromatic heterocycles. The van der Waals surface area contributed by atoms with Crippen LogP contribution < -0.4 is 0 Å². The Morgan fingerprint density at radius 2 is 1.83 bits per heavy atom. The van der Waals surface area contributed by atoms with Crippen LogP contribution in [0.2, 0.25) is 0 Å². The molecule has 0 spiro atoms. The quantitative estimate of drug-likeness (QED) is 0.805. The van der Waals surface area contributed by atoms with Crippen LogP contribution in [-0.2, 0) is 4.74 Å². The molecular formula is C18H23N3OS. The van der Waals surface area contributed by atoms with E-state index in [4.69, 9.17) is 4.74 Å². The van der Waals surface area contributed by atoms with Crippen LogP contribution >= 0.6 is 11.8 Å². The lowest BCUT2D eigenvalue weighted by Gasteiger charge is -2.29. The van der Waals surface area contributed by atoms with Gasteiger partial charge in [-0.15, -0.1) is 11.8 Å². The normalized spacial score (nSPS) is 25.3. The summed E-state index contributed by atoms with van der Waals surface area (Å²) in [6.07, 6.45) is 8.76. The average Bonchev–Trinajstić information content (AvgIpc) is 3.33. The highest BCUT2D eigenvalue weighted by atomic mass is 32.2. The van der Waals surface area contributed by atoms with Gasteiger partial charge in [-0.05, 0) is 44.3 Å². The first kappa shape index (κ1) is 15.2. The molecule has 2 aliphatic heterocycles. The molecule has 3 heterocycles. The average molecular weight is 329 g/mol. The van der Waals surface area contributed by atoms with Gasteiger partial charge in [0.25, 0.3) is 0 Å². The minimum atomic E-state index is 0.367. The van der Waals surface area contributed by atoms with Crippen LogP contribution in [0.4, 0.5) is 0 Å². The van der Waals surface area contributed by atoms with Gasteiger partial charge < -0.3 is 9.30 Å². The highest BCUT2D eigenvalue weighted by Crippen LogP contribution is 2.31. The van der Waals surface area contributed by atoms with E-state index in [0.717, 1.165) is 19.0 Å². The van der Waals surface area contributed by atoms with Crippen molar-refractivity contribution < 1.29 is 4.74 Å². The van der Waals surface area contributed by atoms with Gasteiger partial charge in [0, 0.05) is 22.9 Å². The van der Waals surface area contributed by atoms with Crippen LogP contribution in [0.3, 0.4) is 0 Å². The summed E-state index contributed by atoms with van der Waals surface area (Å²) >= 11 is 1.77. The Morgan fingerprint density at radius 1 is 1.09 bits per heavy atom. The number of hydrogen-bond donors (Lipinski definition) is 0. The van der Waals surface area contributed by atoms with Crippen molar-refractivity contribution in [2.45, 2.75) is 29.8 Å². The van der Waals surface area contributed by atoms with Crippen molar-refractivity contribution in [3.05, 3.63) is 36.7 Å². The van der Waals surface area contributed by atoms with Crippen molar-refractivity contribution in [3.63, 3.8) is 0 Å². The van der Waals surface area contributed by atoms with E-state index in [9.17, 15) is 0 Å². The molecule has 2 fully saturated rings. The summed E-state index contributed by atoms with van der Waals surface area (Å²) in [4.78, 5) is 8.51. The smallest absolute Gasteiger partial charge is 0.140 e. The maximum atomic E-state index is 5.84. The predicted octanol–water partition coefficient (Wildman–Crippen LogP) is 3.31. The van der Waals surface area contributed by atoms with Crippen LogP contribution in [-0.4, -0.2) is 53.1 Å². The Labute approximate surface area is 141 Å². The number of imidazole rings is 1. The van der Waals surface area contributed by atoms with Crippen molar-refractivity contribution in [2.24, 2.45) is 0 Å². The molecule has 4 nitrogen and oxygen atoms in total. The van der Waals surface area contributed by atoms with Crippen molar-refractivity contribution in [2.75, 3.05) is 32.6 Å². The minimum absolute atomic E-state index is 0.367. The zero-order valence-corrected chi connectivity index (χ0v) is 14.3. The van der Waals surface area contributed by atoms with E-state index in [1.807, 2.05) is 6.20 Å². The van der Waals surface area contributed by atoms with Gasteiger partial charge in [-0.1, -0.05) is 12.1 Å². The lowest BCUT2D eigenvalue weighted by molar-refractivity contribution is 0.158. The predicted molar refractivity (Wildman–Crippen MR) is 93.9 cm³/mol. The third-order valence-corrected chi connectivity index (χ3v) is 5.75. The number of nitrogens with zero attached hydrogens (tertiary/aromatic N) is 3. The third kappa shape index (κ3) is 2.93. The Bertz CT molecular complexity index is 649. The van der Waals surface area contributed by atoms with Gasteiger partial charge in [0.1, 0.15) is 5.82 Å². The van der Waals surface area contributed by atoms with E-state index in [1.165, 1.54) is 36.4 Å². The van der Waals surface area contributed by atoms with Crippen molar-refractivity contribution in [3.8, 4) is 11.4 Å². The van der Waals surface area contributed by atoms with Gasteiger partial charge >= 0.3 is 0 Å². The maximum Gasteiger partial charge on any atom is 0.140 e. The van der Waals surface area contributed by atoms with Crippen LogP contribution in [0.1, 0.15) is 18.9 Å². The van der Waals surface area contributed by atoms with Crippen molar-refractivity contribution >= 4 is 11.8 Å². The Kier molecular flexibility index (Phi) is 4.42. The molecule has 2 atom stereocenters. The highest BCUT2D eigenvalue weighted by molar-refractivity contribution is 7.98. The zero-order valence-electron chi connectivity index (χ0n) is 13.5. The topological polar surface area (TPSA) is 30.3 Å². The molecule has 122 valence electrons. The molecule has 0 aliphatic carbocycles. The summed E-state index contributed by atoms with van der Waals surface area (Å²) in [5.74, 6) is 1.05. The zero-order chi connectivity index (χ0) is 15.6. The minimum Gasteiger partial charge on any atom is -0.378 e. The second-order valence-electron chi connectivity index (χ2n) is 6.30. The first-order valence-corrected chi connectivity index (χ1v) is 9.58. The molecule has 23 heavy (non-hydrogen) atoms. The maximum absolute atomic E-state index is 5.84. The molecular weight excluding hydrogens is 306 g/mol. The Morgan fingerprint density at radius 3 is 2.57 bits per heavy atom. The van der Waals surface area contributed by atoms with E-state index in [0.29, 0.717) is 12.1 Å². The lowest BCUT2D eigenvalue weighted by atomic mass is 10.1. The molecule has 0 saturated carbocycles. The molecule has 0 bridgehead atoms. The monoisotopic (exact) mass is 329 g/mol. The molecule has 2 aliphatic rings. The largest absolute Gasteiger partial charge is 0.378 e. The number of thioether (sulfide) groups is 1. The fourth-order valence-corrected chi connectivity index (χ4v) is 4.17. The summed E-state index contributed by atoms with van der Waals surface area (Å²) in [6.45, 7) is 4.04. The number of rotatable bonds is 4. The lowest BCUT2D eigenvalue weighted by Crippen LogP contribution is -2.39. The van der Waals surface area contributed by atoms with Gasteiger partial charge in [-0.2, -0.15) is 0 Å². The molecule has 2 aromatic rings. The van der Waals surface area contributed by atoms with Gasteiger partial charge in [0.15, 0.2) is 0 Å². The van der Waals surface area contributed by atoms with Gasteiger partial charge in [0.2, 0.25) is 0 Å². The molecule has 0 unspecified atom stereocenters. The van der Waals surface area contributed by atoms with Gasteiger partial charge in [-0.3, -0.25) is 4.90 Å². The van der Waals surface area contributed by atoms with E-state index in [2.05, 4.69) is 51.2 Å². The molecule has 2 saturated heterocycles. The molecule has 0 radical (unpaired) electrons. The Balaban J connectivity index is 1.63. The second-order valence-corrected chi connectivity index (χ2v) is 7.18. The standard InChI is InChI=1S/C18H23N3OS/c1-23-15-6-4-14(5-7-15)18-19-8-11-21(18)17-13-22-12-16(17)20-9-2-3-10-20/h4-8,11,16-17H,2-3,9-10,12-13H2,1H3/t16-,17-/m1/s1. The number of ether oxygens (including phenoxy) is 1. The highest BCUT2D eigenvalue weighted by Gasteiger charge is 2.36. The SMILES string of the molecule is CSc1ccc(-c2nccn2[C@@H]2COC[C@H]2N2CCCC2)cc1. The fourth-order valence-electron chi connectivity index (χ4n) is 3.76. The summed E-state index contributed by atoms with van der Waals surface area (Å²) < 4.78 is 8.16. The molecule has 0 N–H and O–H groups in total. The number of likely N-dealkylation sites (tertiary alicyclic amines) is 1.